The second-order valence-electron chi connectivity index (χ2n) is 6.68. The van der Waals surface area contributed by atoms with Gasteiger partial charge in [0.05, 0.1) is 0 Å². The summed E-state index contributed by atoms with van der Waals surface area (Å²) in [6, 6.07) is 5.32. The van der Waals surface area contributed by atoms with E-state index in [9.17, 15) is 9.59 Å². The third-order valence-corrected chi connectivity index (χ3v) is 4.32. The first-order chi connectivity index (χ1) is 10.9. The molecule has 3 amide bonds. The second-order valence-corrected chi connectivity index (χ2v) is 6.68. The third-order valence-electron chi connectivity index (χ3n) is 4.32. The highest BCUT2D eigenvalue weighted by Crippen LogP contribution is 2.24. The molecule has 0 saturated carbocycles. The Bertz CT molecular complexity index is 584. The fourth-order valence-corrected chi connectivity index (χ4v) is 2.65. The van der Waals surface area contributed by atoms with Crippen molar-refractivity contribution in [2.75, 3.05) is 18.0 Å². The third kappa shape index (κ3) is 4.47. The molecule has 23 heavy (non-hydrogen) atoms. The van der Waals surface area contributed by atoms with Gasteiger partial charge in [-0.1, -0.05) is 19.9 Å². The van der Waals surface area contributed by atoms with E-state index in [1.165, 1.54) is 5.56 Å². The van der Waals surface area contributed by atoms with Gasteiger partial charge in [-0.15, -0.1) is 0 Å². The first kappa shape index (κ1) is 17.3. The van der Waals surface area contributed by atoms with E-state index in [0.29, 0.717) is 25.4 Å². The van der Waals surface area contributed by atoms with Crippen LogP contribution < -0.4 is 15.5 Å². The van der Waals surface area contributed by atoms with E-state index in [-0.39, 0.29) is 11.9 Å². The van der Waals surface area contributed by atoms with Crippen LogP contribution in [0.4, 0.5) is 10.5 Å². The summed E-state index contributed by atoms with van der Waals surface area (Å²) in [6.45, 7) is 9.58. The second kappa shape index (κ2) is 7.49. The fraction of sp³-hybridized carbons (Fsp3) is 0.556. The summed E-state index contributed by atoms with van der Waals surface area (Å²) < 4.78 is 0. The Balaban J connectivity index is 1.91. The normalized spacial score (nSPS) is 17.7. The van der Waals surface area contributed by atoms with Gasteiger partial charge in [0, 0.05) is 18.8 Å². The summed E-state index contributed by atoms with van der Waals surface area (Å²) in [5.41, 5.74) is 3.28. The van der Waals surface area contributed by atoms with Crippen molar-refractivity contribution >= 4 is 17.6 Å². The zero-order valence-electron chi connectivity index (χ0n) is 14.5. The molecular weight excluding hydrogens is 290 g/mol. The van der Waals surface area contributed by atoms with Crippen LogP contribution >= 0.6 is 0 Å². The summed E-state index contributed by atoms with van der Waals surface area (Å²) in [5, 5.41) is 5.60. The summed E-state index contributed by atoms with van der Waals surface area (Å²) >= 11 is 0. The number of benzene rings is 1. The van der Waals surface area contributed by atoms with Crippen LogP contribution in [-0.4, -0.2) is 31.1 Å². The summed E-state index contributed by atoms with van der Waals surface area (Å²) in [6.07, 6.45) is 1.57. The number of carbonyl (C=O) groups is 2. The van der Waals surface area contributed by atoms with Crippen LogP contribution in [0.5, 0.6) is 0 Å². The van der Waals surface area contributed by atoms with E-state index in [4.69, 9.17) is 0 Å². The molecule has 126 valence electrons. The van der Waals surface area contributed by atoms with E-state index in [0.717, 1.165) is 17.7 Å². The summed E-state index contributed by atoms with van der Waals surface area (Å²) in [5.74, 6) is 0.510. The number of hydrogen-bond donors (Lipinski definition) is 2. The van der Waals surface area contributed by atoms with Crippen molar-refractivity contribution in [3.05, 3.63) is 29.3 Å². The van der Waals surface area contributed by atoms with E-state index >= 15 is 0 Å². The Labute approximate surface area is 138 Å². The molecule has 0 unspecified atom stereocenters. The van der Waals surface area contributed by atoms with Gasteiger partial charge in [-0.05, 0) is 55.9 Å². The summed E-state index contributed by atoms with van der Waals surface area (Å²) in [7, 11) is 0. The molecule has 1 heterocycles. The molecule has 1 aromatic rings. The number of hydrogen-bond acceptors (Lipinski definition) is 2. The predicted molar refractivity (Wildman–Crippen MR) is 92.7 cm³/mol. The maximum absolute atomic E-state index is 12.5. The van der Waals surface area contributed by atoms with Crippen molar-refractivity contribution < 1.29 is 9.59 Å². The minimum atomic E-state index is -0.435. The molecule has 1 aliphatic rings. The van der Waals surface area contributed by atoms with Crippen LogP contribution in [0.1, 0.15) is 37.8 Å². The highest BCUT2D eigenvalue weighted by atomic mass is 16.2. The van der Waals surface area contributed by atoms with Crippen LogP contribution in [0.25, 0.3) is 0 Å². The molecule has 0 spiro atoms. The van der Waals surface area contributed by atoms with Gasteiger partial charge in [-0.2, -0.15) is 0 Å². The molecule has 1 saturated heterocycles. The molecule has 1 atom stereocenters. The molecule has 1 fully saturated rings. The van der Waals surface area contributed by atoms with Gasteiger partial charge in [-0.25, -0.2) is 4.79 Å². The van der Waals surface area contributed by atoms with Gasteiger partial charge >= 0.3 is 6.03 Å². The Kier molecular flexibility index (Phi) is 5.64. The number of nitrogens with zero attached hydrogens (tertiary/aromatic N) is 1. The largest absolute Gasteiger partial charge is 0.338 e. The van der Waals surface area contributed by atoms with Crippen LogP contribution in [0.2, 0.25) is 0 Å². The number of nitrogens with one attached hydrogen (secondary N) is 2. The van der Waals surface area contributed by atoms with Crippen molar-refractivity contribution in [1.29, 1.82) is 0 Å². The smallest absolute Gasteiger partial charge is 0.315 e. The molecule has 0 radical (unpaired) electrons. The van der Waals surface area contributed by atoms with Crippen LogP contribution in [0.3, 0.4) is 0 Å². The highest BCUT2D eigenvalue weighted by molar-refractivity contribution is 6.01. The molecule has 2 rings (SSSR count). The average molecular weight is 317 g/mol. The number of urea groups is 1. The lowest BCUT2D eigenvalue weighted by Crippen LogP contribution is -2.46. The van der Waals surface area contributed by atoms with Gasteiger partial charge < -0.3 is 15.5 Å². The zero-order valence-corrected chi connectivity index (χ0v) is 14.5. The Morgan fingerprint density at radius 3 is 2.70 bits per heavy atom. The van der Waals surface area contributed by atoms with Gasteiger partial charge in [0.15, 0.2) is 0 Å². The Hall–Kier alpha value is -2.04. The first-order valence-electron chi connectivity index (χ1n) is 8.31. The Morgan fingerprint density at radius 1 is 1.30 bits per heavy atom. The molecule has 0 bridgehead atoms. The predicted octanol–water partition coefficient (Wildman–Crippen LogP) is 2.75. The number of rotatable bonds is 5. The number of carbonyl (C=O) groups excluding carboxylic acids is 2. The standard InChI is InChI=1S/C18H27N3O2/c1-12(2)7-9-19-18(23)20-16-8-10-21(17(16)22)15-6-5-13(3)14(4)11-15/h5-6,11-12,16H,7-10H2,1-4H3,(H2,19,20,23)/t16-/m1/s1. The van der Waals surface area contributed by atoms with Crippen molar-refractivity contribution in [3.63, 3.8) is 0 Å². The molecule has 1 aromatic carbocycles. The van der Waals surface area contributed by atoms with Gasteiger partial charge in [0.2, 0.25) is 5.91 Å². The lowest BCUT2D eigenvalue weighted by molar-refractivity contribution is -0.118. The number of amides is 3. The number of aryl methyl sites for hydroxylation is 2. The molecular formula is C18H27N3O2. The lowest BCUT2D eigenvalue weighted by atomic mass is 10.1. The quantitative estimate of drug-likeness (QED) is 0.877. The van der Waals surface area contributed by atoms with Crippen LogP contribution in [-0.2, 0) is 4.79 Å². The minimum absolute atomic E-state index is 0.0349. The molecule has 5 nitrogen and oxygen atoms in total. The topological polar surface area (TPSA) is 61.4 Å². The molecule has 1 aliphatic heterocycles. The summed E-state index contributed by atoms with van der Waals surface area (Å²) in [4.78, 5) is 26.1. The monoisotopic (exact) mass is 317 g/mol. The zero-order chi connectivity index (χ0) is 17.0. The molecule has 0 aliphatic carbocycles. The van der Waals surface area contributed by atoms with E-state index in [1.807, 2.05) is 25.1 Å². The van der Waals surface area contributed by atoms with Gasteiger partial charge in [0.25, 0.3) is 0 Å². The molecule has 2 N–H and O–H groups in total. The van der Waals surface area contributed by atoms with Crippen molar-refractivity contribution in [1.82, 2.24) is 10.6 Å². The van der Waals surface area contributed by atoms with Crippen LogP contribution in [0, 0.1) is 19.8 Å². The van der Waals surface area contributed by atoms with Crippen LogP contribution in [0.15, 0.2) is 18.2 Å². The minimum Gasteiger partial charge on any atom is -0.338 e. The maximum atomic E-state index is 12.5. The maximum Gasteiger partial charge on any atom is 0.315 e. The Morgan fingerprint density at radius 2 is 2.04 bits per heavy atom. The van der Waals surface area contributed by atoms with Crippen molar-refractivity contribution in [3.8, 4) is 0 Å². The van der Waals surface area contributed by atoms with Gasteiger partial charge in [0.1, 0.15) is 6.04 Å². The van der Waals surface area contributed by atoms with E-state index in [2.05, 4.69) is 31.4 Å². The number of anilines is 1. The fourth-order valence-electron chi connectivity index (χ4n) is 2.65. The SMILES string of the molecule is Cc1ccc(N2CC[C@@H](NC(=O)NCCC(C)C)C2=O)cc1C. The first-order valence-corrected chi connectivity index (χ1v) is 8.31. The average Bonchev–Trinajstić information content (AvgIpc) is 2.83. The van der Waals surface area contributed by atoms with Crippen molar-refractivity contribution in [2.45, 2.75) is 46.6 Å². The van der Waals surface area contributed by atoms with Gasteiger partial charge in [-0.3, -0.25) is 4.79 Å². The molecule has 0 aromatic heterocycles. The van der Waals surface area contributed by atoms with Crippen molar-refractivity contribution in [2.24, 2.45) is 5.92 Å². The lowest BCUT2D eigenvalue weighted by Gasteiger charge is -2.18. The molecule has 5 heteroatoms. The van der Waals surface area contributed by atoms with E-state index in [1.54, 1.807) is 4.90 Å². The highest BCUT2D eigenvalue weighted by Gasteiger charge is 2.33. The van der Waals surface area contributed by atoms with E-state index < -0.39 is 6.04 Å².